The lowest BCUT2D eigenvalue weighted by Gasteiger charge is -2.25. The van der Waals surface area contributed by atoms with Gasteiger partial charge in [-0.3, -0.25) is 4.79 Å². The highest BCUT2D eigenvalue weighted by Crippen LogP contribution is 2.15. The van der Waals surface area contributed by atoms with Crippen LogP contribution in [0.5, 0.6) is 5.75 Å². The Morgan fingerprint density at radius 1 is 1.10 bits per heavy atom. The van der Waals surface area contributed by atoms with Crippen LogP contribution in [0.1, 0.15) is 46.1 Å². The Morgan fingerprint density at radius 3 is 2.19 bits per heavy atom. The number of hydrogen-bond acceptors (Lipinski definition) is 2. The number of nitrogens with zero attached hydrogens (tertiary/aromatic N) is 1. The van der Waals surface area contributed by atoms with Crippen LogP contribution in [-0.4, -0.2) is 24.5 Å². The molecule has 1 amide bonds. The smallest absolute Gasteiger partial charge is 0.222 e. The summed E-state index contributed by atoms with van der Waals surface area (Å²) < 4.78 is 5.17. The zero-order valence-corrected chi connectivity index (χ0v) is 14.1. The van der Waals surface area contributed by atoms with Gasteiger partial charge in [0.15, 0.2) is 0 Å². The molecule has 0 saturated carbocycles. The maximum absolute atomic E-state index is 12.4. The summed E-state index contributed by atoms with van der Waals surface area (Å²) in [5.41, 5.74) is 1.15. The van der Waals surface area contributed by atoms with Crippen LogP contribution < -0.4 is 4.74 Å². The van der Waals surface area contributed by atoms with Crippen LogP contribution in [0.2, 0.25) is 0 Å². The van der Waals surface area contributed by atoms with E-state index in [0.717, 1.165) is 24.3 Å². The van der Waals surface area contributed by atoms with E-state index in [-0.39, 0.29) is 5.91 Å². The minimum Gasteiger partial charge on any atom is -0.497 e. The van der Waals surface area contributed by atoms with Crippen molar-refractivity contribution in [1.82, 2.24) is 4.90 Å². The Labute approximate surface area is 129 Å². The summed E-state index contributed by atoms with van der Waals surface area (Å²) in [5, 5.41) is 0. The topological polar surface area (TPSA) is 29.5 Å². The predicted octanol–water partition coefficient (Wildman–Crippen LogP) is 4.12. The molecule has 0 unspecified atom stereocenters. The fourth-order valence-electron chi connectivity index (χ4n) is 2.22. The number of carbonyl (C=O) groups excluding carboxylic acids is 1. The zero-order chi connectivity index (χ0) is 15.8. The molecule has 0 N–H and O–H groups in total. The first-order valence-electron chi connectivity index (χ1n) is 7.83. The van der Waals surface area contributed by atoms with Crippen LogP contribution in [-0.2, 0) is 11.3 Å². The molecule has 0 saturated heterocycles. The molecule has 0 atom stereocenters. The number of hydrogen-bond donors (Lipinski definition) is 0. The van der Waals surface area contributed by atoms with E-state index in [1.807, 2.05) is 29.2 Å². The number of carbonyl (C=O) groups is 1. The van der Waals surface area contributed by atoms with Crippen LogP contribution >= 0.6 is 0 Å². The van der Waals surface area contributed by atoms with E-state index in [1.165, 1.54) is 0 Å². The van der Waals surface area contributed by atoms with Gasteiger partial charge in [0.2, 0.25) is 5.91 Å². The zero-order valence-electron chi connectivity index (χ0n) is 14.1. The molecule has 0 heterocycles. The second kappa shape index (κ2) is 8.71. The number of rotatable bonds is 8. The fraction of sp³-hybridized carbons (Fsp3) is 0.611. The second-order valence-electron chi connectivity index (χ2n) is 6.45. The number of amides is 1. The minimum absolute atomic E-state index is 0.258. The van der Waals surface area contributed by atoms with Crippen LogP contribution in [0.4, 0.5) is 0 Å². The molecule has 3 heteroatoms. The Bertz CT molecular complexity index is 423. The minimum atomic E-state index is 0.258. The maximum atomic E-state index is 12.4. The van der Waals surface area contributed by atoms with Gasteiger partial charge in [-0.1, -0.05) is 39.8 Å². The van der Waals surface area contributed by atoms with Gasteiger partial charge in [-0.2, -0.15) is 0 Å². The van der Waals surface area contributed by atoms with Gasteiger partial charge in [0, 0.05) is 19.5 Å². The summed E-state index contributed by atoms with van der Waals surface area (Å²) in [6.07, 6.45) is 1.59. The molecule has 0 fully saturated rings. The number of methoxy groups -OCH3 is 1. The highest BCUT2D eigenvalue weighted by Gasteiger charge is 2.15. The van der Waals surface area contributed by atoms with Crippen molar-refractivity contribution >= 4 is 5.91 Å². The van der Waals surface area contributed by atoms with Crippen molar-refractivity contribution in [2.24, 2.45) is 11.8 Å². The second-order valence-corrected chi connectivity index (χ2v) is 6.45. The van der Waals surface area contributed by atoms with Gasteiger partial charge in [-0.05, 0) is 36.0 Å². The van der Waals surface area contributed by atoms with Gasteiger partial charge in [0.1, 0.15) is 5.75 Å². The molecule has 1 rings (SSSR count). The van der Waals surface area contributed by atoms with Crippen molar-refractivity contribution in [2.75, 3.05) is 13.7 Å². The molecule has 0 aliphatic rings. The molecule has 0 aliphatic heterocycles. The summed E-state index contributed by atoms with van der Waals surface area (Å²) in [6, 6.07) is 7.95. The lowest BCUT2D eigenvalue weighted by molar-refractivity contribution is -0.132. The van der Waals surface area contributed by atoms with Gasteiger partial charge in [0.25, 0.3) is 0 Å². The third-order valence-electron chi connectivity index (χ3n) is 3.41. The molecular formula is C18H29NO2. The lowest BCUT2D eigenvalue weighted by atomic mass is 10.1. The molecule has 118 valence electrons. The monoisotopic (exact) mass is 291 g/mol. The Balaban J connectivity index is 2.69. The van der Waals surface area contributed by atoms with E-state index in [0.29, 0.717) is 24.8 Å². The molecule has 21 heavy (non-hydrogen) atoms. The Hall–Kier alpha value is -1.51. The standard InChI is InChI=1S/C18H29NO2/c1-14(2)6-11-18(20)19(12-15(3)4)13-16-7-9-17(21-5)10-8-16/h7-10,14-15H,6,11-13H2,1-5H3. The van der Waals surface area contributed by atoms with Gasteiger partial charge >= 0.3 is 0 Å². The van der Waals surface area contributed by atoms with Gasteiger partial charge < -0.3 is 9.64 Å². The molecule has 0 spiro atoms. The lowest BCUT2D eigenvalue weighted by Crippen LogP contribution is -2.33. The molecule has 1 aromatic carbocycles. The molecule has 3 nitrogen and oxygen atoms in total. The fourth-order valence-corrected chi connectivity index (χ4v) is 2.22. The molecular weight excluding hydrogens is 262 g/mol. The average molecular weight is 291 g/mol. The molecule has 0 aliphatic carbocycles. The largest absolute Gasteiger partial charge is 0.497 e. The normalized spacial score (nSPS) is 11.0. The molecule has 0 aromatic heterocycles. The summed E-state index contributed by atoms with van der Waals surface area (Å²) in [6.45, 7) is 10.1. The third-order valence-corrected chi connectivity index (χ3v) is 3.41. The highest BCUT2D eigenvalue weighted by atomic mass is 16.5. The summed E-state index contributed by atoms with van der Waals surface area (Å²) in [5.74, 6) is 2.15. The number of ether oxygens (including phenoxy) is 1. The van der Waals surface area contributed by atoms with Crippen molar-refractivity contribution < 1.29 is 9.53 Å². The SMILES string of the molecule is COc1ccc(CN(CC(C)C)C(=O)CCC(C)C)cc1. The summed E-state index contributed by atoms with van der Waals surface area (Å²) in [4.78, 5) is 14.4. The first kappa shape index (κ1) is 17.5. The van der Waals surface area contributed by atoms with Crippen LogP contribution in [0.3, 0.4) is 0 Å². The Kier molecular flexibility index (Phi) is 7.27. The van der Waals surface area contributed by atoms with E-state index >= 15 is 0 Å². The third kappa shape index (κ3) is 6.65. The predicted molar refractivity (Wildman–Crippen MR) is 87.3 cm³/mol. The van der Waals surface area contributed by atoms with Crippen LogP contribution in [0, 0.1) is 11.8 Å². The first-order chi connectivity index (χ1) is 9.92. The highest BCUT2D eigenvalue weighted by molar-refractivity contribution is 5.76. The molecule has 1 aromatic rings. The van der Waals surface area contributed by atoms with Gasteiger partial charge in [0.05, 0.1) is 7.11 Å². The van der Waals surface area contributed by atoms with Gasteiger partial charge in [-0.15, -0.1) is 0 Å². The van der Waals surface area contributed by atoms with Crippen molar-refractivity contribution in [3.63, 3.8) is 0 Å². The van der Waals surface area contributed by atoms with E-state index in [4.69, 9.17) is 4.74 Å². The maximum Gasteiger partial charge on any atom is 0.222 e. The quantitative estimate of drug-likeness (QED) is 0.721. The summed E-state index contributed by atoms with van der Waals surface area (Å²) in [7, 11) is 1.66. The van der Waals surface area contributed by atoms with Crippen LogP contribution in [0.25, 0.3) is 0 Å². The van der Waals surface area contributed by atoms with Crippen molar-refractivity contribution in [1.29, 1.82) is 0 Å². The van der Waals surface area contributed by atoms with Crippen molar-refractivity contribution in [3.8, 4) is 5.75 Å². The summed E-state index contributed by atoms with van der Waals surface area (Å²) >= 11 is 0. The van der Waals surface area contributed by atoms with E-state index in [1.54, 1.807) is 7.11 Å². The first-order valence-corrected chi connectivity index (χ1v) is 7.83. The van der Waals surface area contributed by atoms with Crippen LogP contribution in [0.15, 0.2) is 24.3 Å². The molecule has 0 bridgehead atoms. The average Bonchev–Trinajstić information content (AvgIpc) is 2.44. The number of benzene rings is 1. The van der Waals surface area contributed by atoms with E-state index in [2.05, 4.69) is 27.7 Å². The van der Waals surface area contributed by atoms with E-state index in [9.17, 15) is 4.79 Å². The van der Waals surface area contributed by atoms with Gasteiger partial charge in [-0.25, -0.2) is 0 Å². The molecule has 0 radical (unpaired) electrons. The van der Waals surface area contributed by atoms with Crippen molar-refractivity contribution in [2.45, 2.75) is 47.1 Å². The van der Waals surface area contributed by atoms with Crippen molar-refractivity contribution in [3.05, 3.63) is 29.8 Å². The Morgan fingerprint density at radius 2 is 1.71 bits per heavy atom. The van der Waals surface area contributed by atoms with E-state index < -0.39 is 0 Å².